The van der Waals surface area contributed by atoms with E-state index in [9.17, 15) is 32.7 Å². The van der Waals surface area contributed by atoms with Crippen LogP contribution < -0.4 is 21.9 Å². The smallest absolute Gasteiger partial charge is 0.320 e. The maximum absolute atomic E-state index is 13.5. The maximum Gasteiger partial charge on any atom is 0.320 e. The second kappa shape index (κ2) is 11.5. The van der Waals surface area contributed by atoms with Crippen LogP contribution in [0.4, 0.5) is 17.3 Å². The monoisotopic (exact) mass is 577 g/mol. The number of hydrogen-bond donors (Lipinski definition) is 5. The van der Waals surface area contributed by atoms with E-state index in [1.54, 1.807) is 12.1 Å². The molecule has 1 aromatic heterocycles. The molecule has 0 radical (unpaired) electrons. The Morgan fingerprint density at radius 1 is 1.12 bits per heavy atom. The van der Waals surface area contributed by atoms with E-state index in [1.807, 2.05) is 0 Å². The highest BCUT2D eigenvalue weighted by Gasteiger charge is 2.34. The first-order valence-electron chi connectivity index (χ1n) is 12.0. The zero-order chi connectivity index (χ0) is 30.0. The number of aliphatic carboxylic acids is 2. The Morgan fingerprint density at radius 2 is 1.83 bits per heavy atom. The summed E-state index contributed by atoms with van der Waals surface area (Å²) in [4.78, 5) is 56.6. The van der Waals surface area contributed by atoms with Gasteiger partial charge in [-0.25, -0.2) is 4.98 Å². The predicted octanol–water partition coefficient (Wildman–Crippen LogP) is 0.584. The predicted molar refractivity (Wildman–Crippen MR) is 149 cm³/mol. The summed E-state index contributed by atoms with van der Waals surface area (Å²) in [5.41, 5.74) is 12.7. The Hall–Kier alpha value is -5.26. The van der Waals surface area contributed by atoms with Crippen molar-refractivity contribution in [3.63, 3.8) is 0 Å². The van der Waals surface area contributed by atoms with Gasteiger partial charge in [-0.05, 0) is 60.6 Å². The zero-order valence-electron chi connectivity index (χ0n) is 21.2. The number of para-hydroxylation sites is 1. The largest absolute Gasteiger partial charge is 0.481 e. The molecule has 0 saturated carbocycles. The molecule has 41 heavy (non-hydrogen) atoms. The summed E-state index contributed by atoms with van der Waals surface area (Å²) in [7, 11) is -2.98. The first-order valence-corrected chi connectivity index (χ1v) is 13.1. The Morgan fingerprint density at radius 3 is 2.46 bits per heavy atom. The van der Waals surface area contributed by atoms with Gasteiger partial charge in [0.1, 0.15) is 12.0 Å². The molecule has 2 atom stereocenters. The number of carboxylic acids is 2. The summed E-state index contributed by atoms with van der Waals surface area (Å²) in [6, 6.07) is 8.62. The van der Waals surface area contributed by atoms with Gasteiger partial charge in [0.25, 0.3) is 5.56 Å². The summed E-state index contributed by atoms with van der Waals surface area (Å²) in [6.07, 6.45) is 5.65. The van der Waals surface area contributed by atoms with Gasteiger partial charge in [0.2, 0.25) is 21.2 Å². The Bertz CT molecular complexity index is 1830. The number of anilines is 3. The van der Waals surface area contributed by atoms with Crippen molar-refractivity contribution in [2.45, 2.75) is 25.3 Å². The van der Waals surface area contributed by atoms with E-state index >= 15 is 0 Å². The third kappa shape index (κ3) is 5.57. The van der Waals surface area contributed by atoms with Crippen LogP contribution in [0, 0.1) is 18.3 Å². The van der Waals surface area contributed by atoms with Crippen molar-refractivity contribution in [1.29, 1.82) is 0 Å². The standard InChI is InChI=1S/C27H23N5O8S/c1-2-21(41(39)40)32(14-8-9-15-13(11-14)7-10-19-22(15)24(34)31-27(29)30-19)20-6-4-3-5-16(20)23(33)17(25(35)36)12-18(28)26(37)38/h1,3-6,8-9,11,17-18H,7,10,12,28H2,(H,35,36)(H,37,38)(H3,29,30,31,34)/t17?,18-/m0/s1. The van der Waals surface area contributed by atoms with Crippen molar-refractivity contribution in [2.24, 2.45) is 11.7 Å². The number of carbonyl (C=O) groups excluding carboxylic acids is 1. The molecule has 1 heterocycles. The van der Waals surface area contributed by atoms with Crippen molar-refractivity contribution in [1.82, 2.24) is 9.97 Å². The van der Waals surface area contributed by atoms with Gasteiger partial charge in [0, 0.05) is 11.3 Å². The average Bonchev–Trinajstić information content (AvgIpc) is 2.92. The molecule has 0 spiro atoms. The fraction of sp³-hybridized carbons (Fsp3) is 0.185. The number of hydrogen-bond acceptors (Lipinski definition) is 9. The van der Waals surface area contributed by atoms with Gasteiger partial charge >= 0.3 is 11.9 Å². The van der Waals surface area contributed by atoms with Crippen LogP contribution in [-0.2, 0) is 32.7 Å². The molecule has 0 bridgehead atoms. The Kier molecular flexibility index (Phi) is 8.03. The molecule has 13 nitrogen and oxygen atoms in total. The summed E-state index contributed by atoms with van der Waals surface area (Å²) in [5, 5.41) is 18.9. The van der Waals surface area contributed by atoms with E-state index < -0.39 is 56.9 Å². The molecule has 0 saturated heterocycles. The van der Waals surface area contributed by atoms with Crippen molar-refractivity contribution in [2.75, 3.05) is 10.6 Å². The van der Waals surface area contributed by atoms with Crippen LogP contribution in [0.5, 0.6) is 0 Å². The number of nitrogen functional groups attached to an aromatic ring is 1. The fourth-order valence-electron chi connectivity index (χ4n) is 4.71. The average molecular weight is 578 g/mol. The van der Waals surface area contributed by atoms with E-state index in [-0.39, 0.29) is 22.9 Å². The minimum Gasteiger partial charge on any atom is -0.481 e. The van der Waals surface area contributed by atoms with Crippen LogP contribution in [0.15, 0.2) is 47.3 Å². The van der Waals surface area contributed by atoms with Gasteiger partial charge in [0.15, 0.2) is 5.78 Å². The molecule has 0 fully saturated rings. The zero-order valence-corrected chi connectivity index (χ0v) is 22.0. The molecule has 0 aliphatic heterocycles. The molecule has 3 aromatic rings. The lowest BCUT2D eigenvalue weighted by Crippen LogP contribution is -2.38. The van der Waals surface area contributed by atoms with Gasteiger partial charge in [-0.1, -0.05) is 18.2 Å². The second-order valence-electron chi connectivity index (χ2n) is 9.09. The Balaban J connectivity index is 1.90. The number of carbonyl (C=O) groups is 3. The van der Waals surface area contributed by atoms with Gasteiger partial charge in [-0.3, -0.25) is 29.1 Å². The van der Waals surface area contributed by atoms with Gasteiger partial charge in [-0.15, -0.1) is 6.42 Å². The molecule has 1 aliphatic carbocycles. The molecule has 0 amide bonds. The third-order valence-electron chi connectivity index (χ3n) is 6.58. The number of terminal acetylenes is 1. The number of H-pyrrole nitrogens is 1. The number of Topliss-reactive ketones (excluding diaryl/α,β-unsaturated/α-hetero) is 1. The number of ketones is 1. The number of aromatic nitrogens is 2. The number of nitrogens with one attached hydrogen (secondary N) is 1. The third-order valence-corrected chi connectivity index (χ3v) is 7.19. The number of rotatable bonds is 8. The van der Waals surface area contributed by atoms with E-state index in [4.69, 9.17) is 23.0 Å². The first-order chi connectivity index (χ1) is 19.4. The molecule has 7 N–H and O–H groups in total. The summed E-state index contributed by atoms with van der Waals surface area (Å²) < 4.78 is 24.5. The fourth-order valence-corrected chi connectivity index (χ4v) is 5.16. The minimum atomic E-state index is -2.98. The first kappa shape index (κ1) is 28.7. The summed E-state index contributed by atoms with van der Waals surface area (Å²) in [5.74, 6) is -3.85. The highest BCUT2D eigenvalue weighted by atomic mass is 32.2. The molecular formula is C27H23N5O8S. The Labute approximate surface area is 234 Å². The molecule has 1 aliphatic rings. The van der Waals surface area contributed by atoms with Gasteiger partial charge in [-0.2, -0.15) is 8.42 Å². The normalized spacial score (nSPS) is 13.1. The van der Waals surface area contributed by atoms with Crippen LogP contribution in [-0.4, -0.2) is 57.4 Å². The van der Waals surface area contributed by atoms with Crippen LogP contribution in [0.3, 0.4) is 0 Å². The topological polar surface area (TPSA) is 227 Å². The van der Waals surface area contributed by atoms with Crippen molar-refractivity contribution in [3.8, 4) is 23.5 Å². The minimum absolute atomic E-state index is 0.0172. The van der Waals surface area contributed by atoms with E-state index in [0.29, 0.717) is 35.2 Å². The van der Waals surface area contributed by atoms with Gasteiger partial charge < -0.3 is 21.7 Å². The van der Waals surface area contributed by atoms with Crippen molar-refractivity contribution < 1.29 is 33.0 Å². The number of aromatic amines is 1. The highest BCUT2D eigenvalue weighted by Crippen LogP contribution is 2.37. The number of fused-ring (bicyclic) bond motifs is 3. The molecular weight excluding hydrogens is 554 g/mol. The van der Waals surface area contributed by atoms with E-state index in [2.05, 4.69) is 15.9 Å². The second-order valence-corrected chi connectivity index (χ2v) is 9.94. The van der Waals surface area contributed by atoms with Crippen LogP contribution in [0.1, 0.15) is 28.0 Å². The highest BCUT2D eigenvalue weighted by molar-refractivity contribution is 7.73. The SMILES string of the molecule is C#CC(N(c1ccc2c(c1)CCc1nc(N)[nH]c(=O)c1-2)c1ccccc1C(=O)C(C[C@H](N)C(=O)O)C(=O)O)=S(=O)=O. The van der Waals surface area contributed by atoms with Crippen LogP contribution >= 0.6 is 0 Å². The summed E-state index contributed by atoms with van der Waals surface area (Å²) in [6.45, 7) is 0. The number of benzene rings is 2. The van der Waals surface area contributed by atoms with Crippen molar-refractivity contribution in [3.05, 3.63) is 69.6 Å². The van der Waals surface area contributed by atoms with E-state index in [0.717, 1.165) is 4.90 Å². The maximum atomic E-state index is 13.5. The lowest BCUT2D eigenvalue weighted by atomic mass is 9.88. The molecule has 2 aromatic carbocycles. The van der Waals surface area contributed by atoms with Crippen LogP contribution in [0.25, 0.3) is 11.1 Å². The molecule has 210 valence electrons. The molecule has 4 rings (SSSR count). The quantitative estimate of drug-likeness (QED) is 0.107. The van der Waals surface area contributed by atoms with Gasteiger partial charge in [0.05, 0.1) is 16.9 Å². The molecule has 1 unspecified atom stereocenters. The summed E-state index contributed by atoms with van der Waals surface area (Å²) >= 11 is 0. The van der Waals surface area contributed by atoms with Crippen LogP contribution in [0.2, 0.25) is 0 Å². The number of carboxylic acid groups (broad SMARTS) is 2. The molecule has 14 heteroatoms. The number of aryl methyl sites for hydroxylation is 2. The van der Waals surface area contributed by atoms with Crippen molar-refractivity contribution >= 4 is 50.3 Å². The van der Waals surface area contributed by atoms with E-state index in [1.165, 1.54) is 30.3 Å². The number of nitrogens with zero attached hydrogens (tertiary/aromatic N) is 2. The lowest BCUT2D eigenvalue weighted by molar-refractivity contribution is -0.142. The lowest BCUT2D eigenvalue weighted by Gasteiger charge is -2.27. The number of nitrogens with two attached hydrogens (primary N) is 2.